The Morgan fingerprint density at radius 3 is 1.41 bits per heavy atom. The molecular formula is C14H5F14N. The van der Waals surface area contributed by atoms with Gasteiger partial charge in [0.15, 0.2) is 0 Å². The minimum absolute atomic E-state index is 0.150. The maximum atomic E-state index is 14.2. The van der Waals surface area contributed by atoms with Gasteiger partial charge in [-0.15, -0.1) is 0 Å². The minimum atomic E-state index is -7.74. The van der Waals surface area contributed by atoms with Gasteiger partial charge in [0.05, 0.1) is 5.69 Å². The first kappa shape index (κ1) is 23.2. The summed E-state index contributed by atoms with van der Waals surface area (Å²) >= 11 is 0. The Hall–Kier alpha value is -2.09. The van der Waals surface area contributed by atoms with Crippen LogP contribution in [0.4, 0.5) is 61.5 Å². The molecule has 1 nitrogen and oxygen atoms in total. The second-order valence-electron chi connectivity index (χ2n) is 5.89. The summed E-state index contributed by atoms with van der Waals surface area (Å²) in [5.74, 6) is -6.69. The van der Waals surface area contributed by atoms with Crippen LogP contribution < -0.4 is 0 Å². The van der Waals surface area contributed by atoms with Crippen molar-refractivity contribution in [2.24, 2.45) is 10.8 Å². The Labute approximate surface area is 151 Å². The summed E-state index contributed by atoms with van der Waals surface area (Å²) in [7, 11) is 0. The van der Waals surface area contributed by atoms with Crippen molar-refractivity contribution in [1.29, 1.82) is 0 Å². The van der Waals surface area contributed by atoms with Crippen molar-refractivity contribution in [1.82, 2.24) is 4.98 Å². The number of rotatable bonds is 1. The Morgan fingerprint density at radius 1 is 0.655 bits per heavy atom. The lowest BCUT2D eigenvalue weighted by Crippen LogP contribution is -2.74. The number of hydrogen-bond acceptors (Lipinski definition) is 1. The molecule has 1 aliphatic rings. The lowest BCUT2D eigenvalue weighted by atomic mass is 9.58. The van der Waals surface area contributed by atoms with E-state index in [0.717, 1.165) is 6.07 Å². The molecule has 164 valence electrons. The van der Waals surface area contributed by atoms with Gasteiger partial charge in [-0.1, -0.05) is 6.07 Å². The third-order valence-electron chi connectivity index (χ3n) is 4.43. The van der Waals surface area contributed by atoms with Crippen LogP contribution >= 0.6 is 0 Å². The van der Waals surface area contributed by atoms with Crippen LogP contribution in [-0.2, 0) is 0 Å². The average molecular weight is 453 g/mol. The highest BCUT2D eigenvalue weighted by Gasteiger charge is 3.02. The van der Waals surface area contributed by atoms with Crippen LogP contribution in [0.25, 0.3) is 5.57 Å². The Kier molecular flexibility index (Phi) is 4.77. The predicted octanol–water partition coefficient (Wildman–Crippen LogP) is 6.34. The number of halogens is 14. The maximum absolute atomic E-state index is 14.2. The van der Waals surface area contributed by atoms with Crippen molar-refractivity contribution < 1.29 is 61.5 Å². The molecule has 1 heterocycles. The first-order valence-electron chi connectivity index (χ1n) is 6.99. The fourth-order valence-corrected chi connectivity index (χ4v) is 3.49. The zero-order valence-corrected chi connectivity index (χ0v) is 13.1. The van der Waals surface area contributed by atoms with Crippen molar-refractivity contribution in [3.05, 3.63) is 36.2 Å². The molecule has 0 N–H and O–H groups in total. The number of aromatic nitrogens is 1. The lowest BCUT2D eigenvalue weighted by Gasteiger charge is -2.51. The molecule has 0 bridgehead atoms. The normalized spacial score (nSPS) is 21.8. The molecule has 0 unspecified atom stereocenters. The highest BCUT2D eigenvalue weighted by molar-refractivity contribution is 5.76. The monoisotopic (exact) mass is 453 g/mol. The van der Waals surface area contributed by atoms with E-state index < -0.39 is 58.8 Å². The lowest BCUT2D eigenvalue weighted by molar-refractivity contribution is -0.479. The number of allylic oxidation sites excluding steroid dienone is 2. The minimum Gasteiger partial charge on any atom is -0.257 e. The summed E-state index contributed by atoms with van der Waals surface area (Å²) in [5, 5.41) is 0. The summed E-state index contributed by atoms with van der Waals surface area (Å²) in [6.45, 7) is 0. The number of pyridine rings is 1. The second-order valence-corrected chi connectivity index (χ2v) is 5.89. The van der Waals surface area contributed by atoms with E-state index in [0.29, 0.717) is 12.3 Å². The van der Waals surface area contributed by atoms with Crippen molar-refractivity contribution in [2.45, 2.75) is 30.6 Å². The number of hydrogen-bond donors (Lipinski definition) is 0. The van der Waals surface area contributed by atoms with Crippen molar-refractivity contribution in [2.75, 3.05) is 0 Å². The topological polar surface area (TPSA) is 12.9 Å². The highest BCUT2D eigenvalue weighted by Crippen LogP contribution is 2.81. The highest BCUT2D eigenvalue weighted by atomic mass is 19.4. The molecule has 0 saturated heterocycles. The zero-order chi connectivity index (χ0) is 22.9. The fraction of sp³-hybridized carbons (Fsp3) is 0.500. The fourth-order valence-electron chi connectivity index (χ4n) is 3.49. The molecule has 0 aliphatic heterocycles. The van der Waals surface area contributed by atoms with Crippen LogP contribution in [0.1, 0.15) is 5.69 Å². The van der Waals surface area contributed by atoms with E-state index in [1.165, 1.54) is 0 Å². The molecular weight excluding hydrogens is 448 g/mol. The van der Waals surface area contributed by atoms with E-state index in [4.69, 9.17) is 0 Å². The molecule has 0 atom stereocenters. The molecule has 1 aromatic rings. The van der Waals surface area contributed by atoms with Gasteiger partial charge in [-0.3, -0.25) is 4.98 Å². The van der Waals surface area contributed by atoms with Crippen molar-refractivity contribution in [3.8, 4) is 0 Å². The van der Waals surface area contributed by atoms with Gasteiger partial charge in [-0.05, 0) is 18.2 Å². The van der Waals surface area contributed by atoms with Crippen LogP contribution in [0.2, 0.25) is 0 Å². The average Bonchev–Trinajstić information content (AvgIpc) is 2.72. The third kappa shape index (κ3) is 2.64. The number of alkyl halides is 14. The molecule has 0 spiro atoms. The molecule has 0 amide bonds. The van der Waals surface area contributed by atoms with E-state index in [-0.39, 0.29) is 6.07 Å². The maximum Gasteiger partial charge on any atom is 0.411 e. The van der Waals surface area contributed by atoms with Crippen LogP contribution in [0.15, 0.2) is 30.5 Å². The van der Waals surface area contributed by atoms with E-state index in [1.807, 2.05) is 0 Å². The quantitative estimate of drug-likeness (QED) is 0.453. The molecule has 15 heteroatoms. The Bertz CT molecular complexity index is 765. The van der Waals surface area contributed by atoms with Gasteiger partial charge in [-0.25, -0.2) is 8.78 Å². The van der Waals surface area contributed by atoms with Crippen molar-refractivity contribution >= 4 is 5.57 Å². The van der Waals surface area contributed by atoms with Gasteiger partial charge in [-0.2, -0.15) is 52.7 Å². The van der Waals surface area contributed by atoms with Crippen molar-refractivity contribution in [3.63, 3.8) is 0 Å². The largest absolute Gasteiger partial charge is 0.411 e. The van der Waals surface area contributed by atoms with E-state index >= 15 is 0 Å². The van der Waals surface area contributed by atoms with Gasteiger partial charge in [0.1, 0.15) is 0 Å². The van der Waals surface area contributed by atoms with Crippen LogP contribution in [0, 0.1) is 10.8 Å². The van der Waals surface area contributed by atoms with E-state index in [9.17, 15) is 61.5 Å². The van der Waals surface area contributed by atoms with Gasteiger partial charge >= 0.3 is 24.7 Å². The van der Waals surface area contributed by atoms with Gasteiger partial charge in [0, 0.05) is 11.8 Å². The van der Waals surface area contributed by atoms with Crippen LogP contribution in [0.5, 0.6) is 0 Å². The predicted molar refractivity (Wildman–Crippen MR) is 66.2 cm³/mol. The zero-order valence-electron chi connectivity index (χ0n) is 13.1. The van der Waals surface area contributed by atoms with E-state index in [1.54, 1.807) is 0 Å². The third-order valence-corrected chi connectivity index (χ3v) is 4.43. The van der Waals surface area contributed by atoms with Crippen LogP contribution in [0.3, 0.4) is 0 Å². The summed E-state index contributed by atoms with van der Waals surface area (Å²) in [6, 6.07) is 1.58. The summed E-state index contributed by atoms with van der Waals surface area (Å²) in [4.78, 5) is 2.84. The molecule has 2 rings (SSSR count). The molecule has 0 fully saturated rings. The summed E-state index contributed by atoms with van der Waals surface area (Å²) < 4.78 is 191. The second kappa shape index (κ2) is 5.97. The Morgan fingerprint density at radius 2 is 1.10 bits per heavy atom. The molecule has 0 saturated carbocycles. The first-order chi connectivity index (χ1) is 12.7. The molecule has 0 aromatic carbocycles. The van der Waals surface area contributed by atoms with Gasteiger partial charge < -0.3 is 0 Å². The Balaban J connectivity index is 3.25. The molecule has 1 aliphatic carbocycles. The molecule has 0 radical (unpaired) electrons. The number of nitrogens with zero attached hydrogens (tertiary/aromatic N) is 1. The van der Waals surface area contributed by atoms with E-state index in [2.05, 4.69) is 4.98 Å². The molecule has 1 aromatic heterocycles. The smallest absolute Gasteiger partial charge is 0.257 e. The summed E-state index contributed by atoms with van der Waals surface area (Å²) in [5.41, 5.74) is -19.5. The van der Waals surface area contributed by atoms with Crippen LogP contribution in [-0.4, -0.2) is 35.6 Å². The summed E-state index contributed by atoms with van der Waals surface area (Å²) in [6.07, 6.45) is -31.7. The van der Waals surface area contributed by atoms with Gasteiger partial charge in [0.2, 0.25) is 5.41 Å². The molecule has 29 heavy (non-hydrogen) atoms. The first-order valence-corrected chi connectivity index (χ1v) is 6.99. The standard InChI is InChI=1S/C14H5F14N/c15-8(16)5-6(7-3-1-2-4-29-7)9(11(17,18)19,12(20,21)22)10(8,13(23,24)25)14(26,27)28/h1-5H. The SMILES string of the molecule is FC(F)(F)C1(C(F)(F)F)C(c2ccccn2)=CC(F)(F)C1(C(F)(F)F)C(F)(F)F. The van der Waals surface area contributed by atoms with Gasteiger partial charge in [0.25, 0.3) is 11.3 Å².